The molecule has 0 unspecified atom stereocenters. The van der Waals surface area contributed by atoms with Crippen molar-refractivity contribution in [2.24, 2.45) is 12.5 Å². The van der Waals surface area contributed by atoms with E-state index in [9.17, 15) is 9.18 Å². The van der Waals surface area contributed by atoms with Gasteiger partial charge in [-0.1, -0.05) is 0 Å². The van der Waals surface area contributed by atoms with Crippen molar-refractivity contribution in [3.05, 3.63) is 35.7 Å². The number of thiophene rings is 1. The van der Waals surface area contributed by atoms with E-state index in [4.69, 9.17) is 14.7 Å². The van der Waals surface area contributed by atoms with E-state index in [2.05, 4.69) is 10.3 Å². The Morgan fingerprint density at radius 2 is 2.13 bits per heavy atom. The minimum Gasteiger partial charge on any atom is -0.469 e. The second kappa shape index (κ2) is 6.23. The average molecular weight is 438 g/mol. The number of fused-ring (bicyclic) bond motifs is 3. The van der Waals surface area contributed by atoms with Crippen LogP contribution in [0.2, 0.25) is 0 Å². The van der Waals surface area contributed by atoms with E-state index in [1.54, 1.807) is 11.3 Å². The number of anilines is 1. The summed E-state index contributed by atoms with van der Waals surface area (Å²) in [6.45, 7) is 0. The average Bonchev–Trinajstić information content (AvgIpc) is 3.49. The third kappa shape index (κ3) is 2.62. The fraction of sp³-hybridized carbons (Fsp3) is 0.364. The summed E-state index contributed by atoms with van der Waals surface area (Å²) in [6.07, 6.45) is 6.32. The van der Waals surface area contributed by atoms with Crippen molar-refractivity contribution in [1.82, 2.24) is 19.5 Å². The highest BCUT2D eigenvalue weighted by Crippen LogP contribution is 2.63. The molecule has 1 N–H and O–H groups in total. The molecule has 7 rings (SSSR count). The van der Waals surface area contributed by atoms with Crippen LogP contribution >= 0.6 is 11.3 Å². The minimum absolute atomic E-state index is 0.114. The minimum atomic E-state index is -0.394. The Bertz CT molecular complexity index is 1370. The van der Waals surface area contributed by atoms with E-state index in [0.717, 1.165) is 47.3 Å². The quantitative estimate of drug-likeness (QED) is 0.480. The molecule has 31 heavy (non-hydrogen) atoms. The third-order valence-corrected chi connectivity index (χ3v) is 7.59. The number of nitrogens with zero attached hydrogens (tertiary/aromatic N) is 4. The number of hydrogen-bond acceptors (Lipinski definition) is 7. The van der Waals surface area contributed by atoms with E-state index < -0.39 is 5.82 Å². The lowest BCUT2D eigenvalue weighted by Crippen LogP contribution is -2.52. The van der Waals surface area contributed by atoms with Crippen LogP contribution in [0.4, 0.5) is 10.2 Å². The summed E-state index contributed by atoms with van der Waals surface area (Å²) < 4.78 is 20.8. The highest BCUT2D eigenvalue weighted by Gasteiger charge is 2.65. The van der Waals surface area contributed by atoms with E-state index in [1.165, 1.54) is 19.4 Å². The molecular formula is C22H20FN5O2S. The molecule has 158 valence electrons. The van der Waals surface area contributed by atoms with Crippen molar-refractivity contribution in [3.8, 4) is 11.4 Å². The van der Waals surface area contributed by atoms with Crippen LogP contribution in [0.3, 0.4) is 0 Å². The van der Waals surface area contributed by atoms with Gasteiger partial charge in [0.25, 0.3) is 0 Å². The van der Waals surface area contributed by atoms with Crippen LogP contribution in [0.1, 0.15) is 25.7 Å². The summed E-state index contributed by atoms with van der Waals surface area (Å²) in [7, 11) is 3.33. The molecule has 7 nitrogen and oxygen atoms in total. The maximum Gasteiger partial charge on any atom is 0.311 e. The Labute approximate surface area is 181 Å². The van der Waals surface area contributed by atoms with Crippen LogP contribution in [0.25, 0.3) is 32.6 Å². The Morgan fingerprint density at radius 1 is 1.29 bits per heavy atom. The van der Waals surface area contributed by atoms with Crippen LogP contribution in [-0.2, 0) is 16.6 Å². The number of halogens is 1. The first-order valence-electron chi connectivity index (χ1n) is 10.1. The first-order chi connectivity index (χ1) is 14.9. The SMILES string of the molecule is COC(=O)C12CCC(Nc3nc(-c4cn(C)c5ncc(F)cc45)nc4sccc34)(C1)C2. The zero-order chi connectivity index (χ0) is 21.4. The number of methoxy groups -OCH3 is 1. The van der Waals surface area contributed by atoms with E-state index in [-0.39, 0.29) is 16.9 Å². The van der Waals surface area contributed by atoms with Crippen LogP contribution in [0.5, 0.6) is 0 Å². The van der Waals surface area contributed by atoms with Gasteiger partial charge in [-0.25, -0.2) is 19.3 Å². The lowest BCUT2D eigenvalue weighted by Gasteiger charge is -2.46. The van der Waals surface area contributed by atoms with E-state index >= 15 is 0 Å². The van der Waals surface area contributed by atoms with Gasteiger partial charge >= 0.3 is 5.97 Å². The van der Waals surface area contributed by atoms with Gasteiger partial charge in [0.2, 0.25) is 0 Å². The van der Waals surface area contributed by atoms with Gasteiger partial charge in [0, 0.05) is 29.7 Å². The monoisotopic (exact) mass is 437 g/mol. The standard InChI is InChI=1S/C22H20FN5O2S/c1-28-9-15(14-7-12(23)8-24-18(14)28)16-25-17(13-3-6-31-19(13)26-16)27-22-5-4-21(10-22,11-22)20(29)30-2/h3,6-9H,4-5,10-11H2,1-2H3,(H,25,26,27). The smallest absolute Gasteiger partial charge is 0.311 e. The van der Waals surface area contributed by atoms with Crippen LogP contribution < -0.4 is 5.32 Å². The number of hydrogen-bond donors (Lipinski definition) is 1. The molecule has 2 bridgehead atoms. The van der Waals surface area contributed by atoms with Gasteiger partial charge in [0.05, 0.1) is 24.1 Å². The predicted molar refractivity (Wildman–Crippen MR) is 116 cm³/mol. The number of pyridine rings is 1. The number of ether oxygens (including phenoxy) is 1. The molecular weight excluding hydrogens is 417 g/mol. The van der Waals surface area contributed by atoms with Crippen molar-refractivity contribution in [2.45, 2.75) is 31.2 Å². The summed E-state index contributed by atoms with van der Waals surface area (Å²) in [6, 6.07) is 3.48. The van der Waals surface area contributed by atoms with E-state index in [1.807, 2.05) is 29.3 Å². The predicted octanol–water partition coefficient (Wildman–Crippen LogP) is 4.28. The van der Waals surface area contributed by atoms with Gasteiger partial charge in [0.15, 0.2) is 5.82 Å². The summed E-state index contributed by atoms with van der Waals surface area (Å²) in [5.41, 5.74) is 0.909. The lowest BCUT2D eigenvalue weighted by molar-refractivity contribution is -0.157. The molecule has 0 aromatic carbocycles. The van der Waals surface area contributed by atoms with Crippen molar-refractivity contribution < 1.29 is 13.9 Å². The van der Waals surface area contributed by atoms with Crippen molar-refractivity contribution >= 4 is 44.4 Å². The summed E-state index contributed by atoms with van der Waals surface area (Å²) >= 11 is 1.54. The fourth-order valence-electron chi connectivity index (χ4n) is 5.43. The van der Waals surface area contributed by atoms with Crippen LogP contribution in [0, 0.1) is 11.2 Å². The Hall–Kier alpha value is -3.07. The number of aryl methyl sites for hydroxylation is 1. The third-order valence-electron chi connectivity index (χ3n) is 6.78. The topological polar surface area (TPSA) is 81.9 Å². The summed E-state index contributed by atoms with van der Waals surface area (Å²) in [5.74, 6) is 0.775. The van der Waals surface area contributed by atoms with Gasteiger partial charge < -0.3 is 14.6 Å². The van der Waals surface area contributed by atoms with Crippen molar-refractivity contribution in [2.75, 3.05) is 12.4 Å². The number of carbonyl (C=O) groups excluding carboxylic acids is 1. The molecule has 0 amide bonds. The maximum atomic E-state index is 13.9. The molecule has 3 aliphatic carbocycles. The normalized spacial score (nSPS) is 24.5. The van der Waals surface area contributed by atoms with Crippen molar-refractivity contribution in [3.63, 3.8) is 0 Å². The lowest BCUT2D eigenvalue weighted by atomic mass is 9.65. The first-order valence-corrected chi connectivity index (χ1v) is 11.0. The van der Waals surface area contributed by atoms with E-state index in [0.29, 0.717) is 16.9 Å². The van der Waals surface area contributed by atoms with Gasteiger partial charge in [-0.05, 0) is 43.2 Å². The highest BCUT2D eigenvalue weighted by molar-refractivity contribution is 7.16. The number of aromatic nitrogens is 4. The largest absolute Gasteiger partial charge is 0.469 e. The molecule has 9 heteroatoms. The number of carbonyl (C=O) groups is 1. The second-order valence-electron chi connectivity index (χ2n) is 8.74. The molecule has 4 aromatic rings. The van der Waals surface area contributed by atoms with Gasteiger partial charge in [-0.15, -0.1) is 11.3 Å². The maximum absolute atomic E-state index is 13.9. The number of esters is 1. The molecule has 3 fully saturated rings. The van der Waals surface area contributed by atoms with Gasteiger partial charge in [-0.3, -0.25) is 4.79 Å². The van der Waals surface area contributed by atoms with Crippen molar-refractivity contribution in [1.29, 1.82) is 0 Å². The Morgan fingerprint density at radius 3 is 2.94 bits per heavy atom. The molecule has 0 spiro atoms. The Kier molecular flexibility index (Phi) is 3.75. The highest BCUT2D eigenvalue weighted by atomic mass is 32.1. The molecule has 4 heterocycles. The molecule has 3 saturated carbocycles. The van der Waals surface area contributed by atoms with Gasteiger partial charge in [-0.2, -0.15) is 0 Å². The van der Waals surface area contributed by atoms with Crippen LogP contribution in [0.15, 0.2) is 29.9 Å². The molecule has 4 aromatic heterocycles. The fourth-order valence-corrected chi connectivity index (χ4v) is 6.19. The first kappa shape index (κ1) is 18.7. The zero-order valence-corrected chi connectivity index (χ0v) is 17.9. The molecule has 0 aliphatic heterocycles. The summed E-state index contributed by atoms with van der Waals surface area (Å²) in [5, 5.41) is 7.27. The van der Waals surface area contributed by atoms with Crippen LogP contribution in [-0.4, -0.2) is 38.1 Å². The number of rotatable bonds is 4. The molecule has 3 aliphatic rings. The van der Waals surface area contributed by atoms with Gasteiger partial charge in [0.1, 0.15) is 22.1 Å². The zero-order valence-electron chi connectivity index (χ0n) is 17.1. The molecule has 0 atom stereocenters. The molecule has 0 saturated heterocycles. The summed E-state index contributed by atoms with van der Waals surface area (Å²) in [4.78, 5) is 26.9. The number of nitrogens with one attached hydrogen (secondary N) is 1. The molecule has 0 radical (unpaired) electrons. The second-order valence-corrected chi connectivity index (χ2v) is 9.64. The Balaban J connectivity index is 1.43.